The molecule has 1 rings (SSSR count). The molecule has 0 saturated carbocycles. The molecule has 72 valence electrons. The summed E-state index contributed by atoms with van der Waals surface area (Å²) in [5.74, 6) is 0.142. The summed E-state index contributed by atoms with van der Waals surface area (Å²) < 4.78 is 0. The van der Waals surface area contributed by atoms with Crippen molar-refractivity contribution in [3.05, 3.63) is 10.4 Å². The van der Waals surface area contributed by atoms with Crippen LogP contribution in [0, 0.1) is 5.41 Å². The molecule has 13 heavy (non-hydrogen) atoms. The summed E-state index contributed by atoms with van der Waals surface area (Å²) in [6.45, 7) is 5.63. The maximum Gasteiger partial charge on any atom is 0.222 e. The summed E-state index contributed by atoms with van der Waals surface area (Å²) in [6, 6.07) is 0. The monoisotopic (exact) mass is 199 g/mol. The molecule has 0 fully saturated rings. The van der Waals surface area contributed by atoms with E-state index in [-0.39, 0.29) is 17.1 Å². The number of aromatic nitrogens is 1. The zero-order valence-electron chi connectivity index (χ0n) is 8.00. The Balaban J connectivity index is 2.65. The summed E-state index contributed by atoms with van der Waals surface area (Å²) in [5, 5.41) is 11.2. The molecule has 0 saturated heterocycles. The van der Waals surface area contributed by atoms with Crippen LogP contribution in [-0.2, 0) is 11.2 Å². The fourth-order valence-electron chi connectivity index (χ4n) is 0.785. The topological polar surface area (TPSA) is 50.2 Å². The van der Waals surface area contributed by atoms with Gasteiger partial charge in [-0.1, -0.05) is 20.8 Å². The highest BCUT2D eigenvalue weighted by Crippen LogP contribution is 2.21. The van der Waals surface area contributed by atoms with Gasteiger partial charge in [-0.3, -0.25) is 4.79 Å². The van der Waals surface area contributed by atoms with Crippen LogP contribution in [0.1, 0.15) is 25.8 Å². The van der Waals surface area contributed by atoms with Crippen molar-refractivity contribution < 1.29 is 9.90 Å². The van der Waals surface area contributed by atoms with Gasteiger partial charge in [0.05, 0.1) is 11.8 Å². The summed E-state index contributed by atoms with van der Waals surface area (Å²) in [5.41, 5.74) is -0.332. The van der Waals surface area contributed by atoms with E-state index in [1.807, 2.05) is 20.8 Å². The van der Waals surface area contributed by atoms with Gasteiger partial charge >= 0.3 is 0 Å². The molecule has 0 atom stereocenters. The Morgan fingerprint density at radius 3 is 2.62 bits per heavy atom. The molecule has 0 aliphatic rings. The van der Waals surface area contributed by atoms with E-state index in [2.05, 4.69) is 4.98 Å². The fourth-order valence-corrected chi connectivity index (χ4v) is 1.44. The van der Waals surface area contributed by atoms with Gasteiger partial charge in [0.25, 0.3) is 0 Å². The third-order valence-corrected chi connectivity index (χ3v) is 2.52. The number of nitrogens with zero attached hydrogens (tertiary/aromatic N) is 1. The number of aromatic hydroxyl groups is 1. The quantitative estimate of drug-likeness (QED) is 0.792. The number of Topliss-reactive ketones (excluding diaryl/α,β-unsaturated/α-hetero) is 1. The van der Waals surface area contributed by atoms with Gasteiger partial charge in [0, 0.05) is 5.41 Å². The molecule has 0 bridgehead atoms. The van der Waals surface area contributed by atoms with E-state index in [1.165, 1.54) is 16.7 Å². The lowest BCUT2D eigenvalue weighted by Crippen LogP contribution is -2.21. The second kappa shape index (κ2) is 3.46. The second-order valence-electron chi connectivity index (χ2n) is 3.95. The van der Waals surface area contributed by atoms with E-state index >= 15 is 0 Å². The summed E-state index contributed by atoms with van der Waals surface area (Å²) in [4.78, 5) is 15.3. The maximum atomic E-state index is 11.5. The lowest BCUT2D eigenvalue weighted by atomic mass is 9.89. The van der Waals surface area contributed by atoms with E-state index in [0.29, 0.717) is 11.4 Å². The minimum Gasteiger partial charge on any atom is -0.493 e. The Bertz CT molecular complexity index is 312. The Hall–Kier alpha value is -0.900. The molecule has 0 radical (unpaired) electrons. The van der Waals surface area contributed by atoms with Crippen molar-refractivity contribution in [3.63, 3.8) is 0 Å². The van der Waals surface area contributed by atoms with Gasteiger partial charge in [-0.2, -0.15) is 0 Å². The van der Waals surface area contributed by atoms with E-state index in [1.54, 1.807) is 0 Å². The molecular formula is C9H13NO2S. The van der Waals surface area contributed by atoms with Crippen LogP contribution in [0.3, 0.4) is 0 Å². The number of carbonyl (C=O) groups is 1. The van der Waals surface area contributed by atoms with Crippen LogP contribution < -0.4 is 0 Å². The van der Waals surface area contributed by atoms with Gasteiger partial charge in [-0.15, -0.1) is 11.3 Å². The average molecular weight is 199 g/mol. The molecule has 1 aromatic rings. The maximum absolute atomic E-state index is 11.5. The molecule has 0 unspecified atom stereocenters. The van der Waals surface area contributed by atoms with Gasteiger partial charge in [-0.05, 0) is 0 Å². The van der Waals surface area contributed by atoms with Crippen molar-refractivity contribution in [2.45, 2.75) is 27.2 Å². The van der Waals surface area contributed by atoms with Crippen molar-refractivity contribution >= 4 is 17.1 Å². The van der Waals surface area contributed by atoms with E-state index in [4.69, 9.17) is 5.11 Å². The largest absolute Gasteiger partial charge is 0.493 e. The first kappa shape index (κ1) is 10.2. The fraction of sp³-hybridized carbons (Fsp3) is 0.556. The van der Waals surface area contributed by atoms with Gasteiger partial charge in [-0.25, -0.2) is 4.98 Å². The highest BCUT2D eigenvalue weighted by atomic mass is 32.1. The summed E-state index contributed by atoms with van der Waals surface area (Å²) in [7, 11) is 0. The molecule has 0 aliphatic heterocycles. The Kier molecular flexibility index (Phi) is 2.71. The van der Waals surface area contributed by atoms with Gasteiger partial charge in [0.1, 0.15) is 10.8 Å². The van der Waals surface area contributed by atoms with Crippen molar-refractivity contribution in [1.82, 2.24) is 4.98 Å². The minimum atomic E-state index is -0.332. The van der Waals surface area contributed by atoms with Gasteiger partial charge in [0.2, 0.25) is 5.88 Å². The average Bonchev–Trinajstić information content (AvgIpc) is 2.33. The first-order valence-corrected chi connectivity index (χ1v) is 4.94. The Morgan fingerprint density at radius 1 is 1.62 bits per heavy atom. The highest BCUT2D eigenvalue weighted by molar-refractivity contribution is 7.09. The molecule has 1 N–H and O–H groups in total. The van der Waals surface area contributed by atoms with Crippen LogP contribution in [-0.4, -0.2) is 15.9 Å². The second-order valence-corrected chi connectivity index (χ2v) is 4.89. The molecule has 1 aromatic heterocycles. The van der Waals surface area contributed by atoms with Gasteiger partial charge in [0.15, 0.2) is 0 Å². The van der Waals surface area contributed by atoms with Crippen molar-refractivity contribution in [3.8, 4) is 5.88 Å². The summed E-state index contributed by atoms with van der Waals surface area (Å²) >= 11 is 1.31. The number of carbonyl (C=O) groups excluding carboxylic acids is 1. The lowest BCUT2D eigenvalue weighted by molar-refractivity contribution is -0.125. The van der Waals surface area contributed by atoms with E-state index in [9.17, 15) is 4.79 Å². The molecule has 0 amide bonds. The lowest BCUT2D eigenvalue weighted by Gasteiger charge is -2.14. The highest BCUT2D eigenvalue weighted by Gasteiger charge is 2.22. The predicted octanol–water partition coefficient (Wildman–Crippen LogP) is 2.01. The number of hydrogen-bond acceptors (Lipinski definition) is 4. The number of rotatable bonds is 2. The van der Waals surface area contributed by atoms with Crippen molar-refractivity contribution in [1.29, 1.82) is 0 Å². The van der Waals surface area contributed by atoms with Crippen LogP contribution >= 0.6 is 11.3 Å². The van der Waals surface area contributed by atoms with Crippen molar-refractivity contribution in [2.75, 3.05) is 0 Å². The zero-order chi connectivity index (χ0) is 10.1. The first-order valence-electron chi connectivity index (χ1n) is 4.06. The molecule has 1 heterocycles. The van der Waals surface area contributed by atoms with Crippen LogP contribution in [0.2, 0.25) is 0 Å². The zero-order valence-corrected chi connectivity index (χ0v) is 8.81. The summed E-state index contributed by atoms with van der Waals surface area (Å²) in [6.07, 6.45) is 0.314. The molecule has 0 spiro atoms. The number of hydrogen-bond donors (Lipinski definition) is 1. The predicted molar refractivity (Wildman–Crippen MR) is 51.9 cm³/mol. The standard InChI is InChI=1S/C9H13NO2S/c1-9(2,3)6(11)4-8-10-7(12)5-13-8/h5,12H,4H2,1-3H3. The van der Waals surface area contributed by atoms with Crippen LogP contribution in [0.15, 0.2) is 5.38 Å². The van der Waals surface area contributed by atoms with Gasteiger partial charge < -0.3 is 5.11 Å². The molecule has 3 nitrogen and oxygen atoms in total. The number of thiazole rings is 1. The Labute approximate surface area is 81.4 Å². The smallest absolute Gasteiger partial charge is 0.222 e. The van der Waals surface area contributed by atoms with Crippen LogP contribution in [0.4, 0.5) is 0 Å². The van der Waals surface area contributed by atoms with E-state index < -0.39 is 0 Å². The molecule has 0 aliphatic carbocycles. The Morgan fingerprint density at radius 2 is 2.23 bits per heavy atom. The number of ketones is 1. The van der Waals surface area contributed by atoms with Crippen molar-refractivity contribution in [2.24, 2.45) is 5.41 Å². The van der Waals surface area contributed by atoms with Crippen LogP contribution in [0.5, 0.6) is 5.88 Å². The third-order valence-electron chi connectivity index (χ3n) is 1.69. The normalized spacial score (nSPS) is 11.6. The van der Waals surface area contributed by atoms with E-state index in [0.717, 1.165) is 0 Å². The minimum absolute atomic E-state index is 0.00158. The SMILES string of the molecule is CC(C)(C)C(=O)Cc1nc(O)cs1. The third kappa shape index (κ3) is 2.81. The molecule has 4 heteroatoms. The molecule has 0 aromatic carbocycles. The van der Waals surface area contributed by atoms with Crippen LogP contribution in [0.25, 0.3) is 0 Å². The first-order chi connectivity index (χ1) is 5.89. The molecular weight excluding hydrogens is 186 g/mol.